The maximum Gasteiger partial charge on any atom is 0.308 e. The molecule has 0 saturated heterocycles. The van der Waals surface area contributed by atoms with Crippen molar-refractivity contribution in [2.24, 2.45) is 0 Å². The molecule has 2 aromatic rings. The number of rotatable bonds is 3. The molecule has 0 aliphatic rings. The number of halogens is 2. The summed E-state index contributed by atoms with van der Waals surface area (Å²) in [6.45, 7) is 0. The molecule has 0 fully saturated rings. The average Bonchev–Trinajstić information content (AvgIpc) is 2.41. The van der Waals surface area contributed by atoms with Crippen molar-refractivity contribution in [1.82, 2.24) is 0 Å². The van der Waals surface area contributed by atoms with Gasteiger partial charge in [-0.05, 0) is 6.07 Å². The molecule has 0 saturated carbocycles. The van der Waals surface area contributed by atoms with Crippen LogP contribution >= 0.6 is 0 Å². The topological polar surface area (TPSA) is 60.2 Å². The van der Waals surface area contributed by atoms with Gasteiger partial charge in [0.05, 0.1) is 16.6 Å². The van der Waals surface area contributed by atoms with E-state index in [9.17, 15) is 23.7 Å². The largest absolute Gasteiger partial charge is 0.308 e. The van der Waals surface area contributed by atoms with Crippen LogP contribution < -0.4 is 0 Å². The lowest BCUT2D eigenvalue weighted by Crippen LogP contribution is -2.07. The van der Waals surface area contributed by atoms with Crippen molar-refractivity contribution in [3.63, 3.8) is 0 Å². The number of nitro benzene ring substituents is 1. The van der Waals surface area contributed by atoms with Crippen LogP contribution in [0.2, 0.25) is 0 Å². The lowest BCUT2D eigenvalue weighted by molar-refractivity contribution is -0.387. The Morgan fingerprint density at radius 1 is 1.11 bits per heavy atom. The van der Waals surface area contributed by atoms with Crippen LogP contribution in [0.15, 0.2) is 42.5 Å². The van der Waals surface area contributed by atoms with E-state index in [1.54, 1.807) is 18.2 Å². The third-order valence-corrected chi connectivity index (χ3v) is 2.50. The lowest BCUT2D eigenvalue weighted by Gasteiger charge is -2.03. The first-order valence-electron chi connectivity index (χ1n) is 5.24. The highest BCUT2D eigenvalue weighted by Gasteiger charge is 2.24. The highest BCUT2D eigenvalue weighted by atomic mass is 19.1. The quantitative estimate of drug-likeness (QED) is 0.485. The third-order valence-electron chi connectivity index (χ3n) is 2.50. The molecule has 2 aromatic carbocycles. The van der Waals surface area contributed by atoms with Crippen LogP contribution in [0.25, 0.3) is 0 Å². The van der Waals surface area contributed by atoms with Crippen LogP contribution in [0, 0.1) is 21.7 Å². The van der Waals surface area contributed by atoms with Gasteiger partial charge in [0.2, 0.25) is 5.82 Å². The Labute approximate surface area is 106 Å². The summed E-state index contributed by atoms with van der Waals surface area (Å²) in [5.74, 6) is -3.17. The van der Waals surface area contributed by atoms with Gasteiger partial charge in [0.15, 0.2) is 5.78 Å². The van der Waals surface area contributed by atoms with E-state index in [1.807, 2.05) is 0 Å². The molecule has 0 aliphatic heterocycles. The minimum atomic E-state index is -1.33. The molecule has 0 spiro atoms. The van der Waals surface area contributed by atoms with Crippen molar-refractivity contribution in [3.8, 4) is 0 Å². The van der Waals surface area contributed by atoms with Crippen LogP contribution in [0.4, 0.5) is 14.5 Å². The van der Waals surface area contributed by atoms with Gasteiger partial charge in [-0.25, -0.2) is 4.39 Å². The van der Waals surface area contributed by atoms with Gasteiger partial charge in [-0.3, -0.25) is 14.9 Å². The molecule has 4 nitrogen and oxygen atoms in total. The second-order valence-electron chi connectivity index (χ2n) is 3.74. The maximum atomic E-state index is 13.8. The molecular formula is C13H7F2NO3. The van der Waals surface area contributed by atoms with E-state index in [2.05, 4.69) is 0 Å². The summed E-state index contributed by atoms with van der Waals surface area (Å²) in [6, 6.07) is 8.69. The van der Waals surface area contributed by atoms with Crippen molar-refractivity contribution in [3.05, 3.63) is 75.3 Å². The second-order valence-corrected chi connectivity index (χ2v) is 3.74. The van der Waals surface area contributed by atoms with Gasteiger partial charge in [-0.15, -0.1) is 0 Å². The van der Waals surface area contributed by atoms with Crippen molar-refractivity contribution in [2.45, 2.75) is 0 Å². The minimum Gasteiger partial charge on any atom is -0.288 e. The van der Waals surface area contributed by atoms with Crippen molar-refractivity contribution < 1.29 is 18.5 Å². The Kier molecular flexibility index (Phi) is 3.33. The van der Waals surface area contributed by atoms with Crippen molar-refractivity contribution in [1.29, 1.82) is 0 Å². The van der Waals surface area contributed by atoms with Crippen molar-refractivity contribution in [2.75, 3.05) is 0 Å². The number of hydrogen-bond donors (Lipinski definition) is 0. The highest BCUT2D eigenvalue weighted by Crippen LogP contribution is 2.24. The van der Waals surface area contributed by atoms with Gasteiger partial charge >= 0.3 is 5.69 Å². The molecule has 0 radical (unpaired) electrons. The number of carbonyl (C=O) groups excluding carboxylic acids is 1. The monoisotopic (exact) mass is 263 g/mol. The van der Waals surface area contributed by atoms with Gasteiger partial charge < -0.3 is 0 Å². The molecule has 0 bridgehead atoms. The van der Waals surface area contributed by atoms with Gasteiger partial charge in [0, 0.05) is 5.56 Å². The van der Waals surface area contributed by atoms with E-state index in [0.717, 1.165) is 0 Å². The Morgan fingerprint density at radius 2 is 1.74 bits per heavy atom. The molecule has 0 N–H and O–H groups in total. The molecule has 96 valence electrons. The van der Waals surface area contributed by atoms with E-state index in [4.69, 9.17) is 0 Å². The number of benzene rings is 2. The Morgan fingerprint density at radius 3 is 2.32 bits per heavy atom. The maximum absolute atomic E-state index is 13.8. The molecule has 6 heteroatoms. The van der Waals surface area contributed by atoms with E-state index >= 15 is 0 Å². The Balaban J connectivity index is 2.57. The van der Waals surface area contributed by atoms with E-state index < -0.39 is 33.6 Å². The van der Waals surface area contributed by atoms with Crippen LogP contribution in [0.1, 0.15) is 15.9 Å². The third kappa shape index (κ3) is 2.47. The van der Waals surface area contributed by atoms with E-state index in [1.165, 1.54) is 12.1 Å². The summed E-state index contributed by atoms with van der Waals surface area (Å²) < 4.78 is 27.0. The van der Waals surface area contributed by atoms with Crippen molar-refractivity contribution >= 4 is 11.5 Å². The zero-order valence-corrected chi connectivity index (χ0v) is 9.47. The predicted molar refractivity (Wildman–Crippen MR) is 62.9 cm³/mol. The number of ketones is 1. The lowest BCUT2D eigenvalue weighted by atomic mass is 10.0. The molecule has 19 heavy (non-hydrogen) atoms. The first-order chi connectivity index (χ1) is 9.00. The molecule has 0 aliphatic carbocycles. The smallest absolute Gasteiger partial charge is 0.288 e. The first-order valence-corrected chi connectivity index (χ1v) is 5.24. The van der Waals surface area contributed by atoms with Gasteiger partial charge in [-0.2, -0.15) is 4.39 Å². The summed E-state index contributed by atoms with van der Waals surface area (Å²) in [5, 5.41) is 10.6. The highest BCUT2D eigenvalue weighted by molar-refractivity contribution is 6.09. The number of nitrogens with zero attached hydrogens (tertiary/aromatic N) is 1. The average molecular weight is 263 g/mol. The molecule has 2 rings (SSSR count). The standard InChI is InChI=1S/C13H7F2NO3/c14-9-6-10(12(15)11(7-9)16(18)19)13(17)8-4-2-1-3-5-8/h1-7H. The second kappa shape index (κ2) is 4.93. The summed E-state index contributed by atoms with van der Waals surface area (Å²) in [6.07, 6.45) is 0. The van der Waals surface area contributed by atoms with Crippen LogP contribution in [-0.4, -0.2) is 10.7 Å². The molecule has 0 amide bonds. The predicted octanol–water partition coefficient (Wildman–Crippen LogP) is 3.10. The SMILES string of the molecule is O=C(c1ccccc1)c1cc(F)cc([N+](=O)[O-])c1F. The molecular weight excluding hydrogens is 256 g/mol. The Bertz CT molecular complexity index is 656. The number of hydrogen-bond acceptors (Lipinski definition) is 3. The summed E-state index contributed by atoms with van der Waals surface area (Å²) >= 11 is 0. The van der Waals surface area contributed by atoms with Gasteiger partial charge in [0.25, 0.3) is 0 Å². The first kappa shape index (κ1) is 12.8. The zero-order valence-electron chi connectivity index (χ0n) is 9.47. The number of carbonyl (C=O) groups is 1. The fourth-order valence-electron chi connectivity index (χ4n) is 1.62. The molecule has 0 atom stereocenters. The summed E-state index contributed by atoms with van der Waals surface area (Å²) in [4.78, 5) is 21.5. The zero-order chi connectivity index (χ0) is 14.0. The van der Waals surface area contributed by atoms with Gasteiger partial charge in [-0.1, -0.05) is 30.3 Å². The summed E-state index contributed by atoms with van der Waals surface area (Å²) in [7, 11) is 0. The fraction of sp³-hybridized carbons (Fsp3) is 0. The number of nitro groups is 1. The summed E-state index contributed by atoms with van der Waals surface area (Å²) in [5.41, 5.74) is -1.58. The fourth-order valence-corrected chi connectivity index (χ4v) is 1.62. The minimum absolute atomic E-state index is 0.126. The Hall–Kier alpha value is -2.63. The van der Waals surface area contributed by atoms with E-state index in [-0.39, 0.29) is 5.56 Å². The van der Waals surface area contributed by atoms with Gasteiger partial charge in [0.1, 0.15) is 5.82 Å². The molecule has 0 aromatic heterocycles. The van der Waals surface area contributed by atoms with Crippen LogP contribution in [0.3, 0.4) is 0 Å². The van der Waals surface area contributed by atoms with E-state index in [0.29, 0.717) is 12.1 Å². The normalized spacial score (nSPS) is 10.2. The van der Waals surface area contributed by atoms with Crippen LogP contribution in [-0.2, 0) is 0 Å². The molecule has 0 heterocycles. The molecule has 0 unspecified atom stereocenters. The van der Waals surface area contributed by atoms with Crippen LogP contribution in [0.5, 0.6) is 0 Å².